The van der Waals surface area contributed by atoms with Crippen LogP contribution in [0.3, 0.4) is 0 Å². The molecule has 3 nitrogen and oxygen atoms in total. The summed E-state index contributed by atoms with van der Waals surface area (Å²) in [6.45, 7) is 2.23. The van der Waals surface area contributed by atoms with Gasteiger partial charge in [-0.3, -0.25) is 4.18 Å². The maximum Gasteiger partial charge on any atom is 0.297 e. The van der Waals surface area contributed by atoms with Crippen molar-refractivity contribution in [3.05, 3.63) is 42.5 Å². The van der Waals surface area contributed by atoms with Crippen LogP contribution in [-0.2, 0) is 14.3 Å². The Morgan fingerprint density at radius 3 is 2.47 bits per heavy atom. The van der Waals surface area contributed by atoms with E-state index in [9.17, 15) is 8.42 Å². The fourth-order valence-corrected chi connectivity index (χ4v) is 2.95. The van der Waals surface area contributed by atoms with Crippen LogP contribution in [0.1, 0.15) is 19.8 Å². The van der Waals surface area contributed by atoms with E-state index in [-0.39, 0.29) is 41.1 Å². The zero-order chi connectivity index (χ0) is 13.0. The van der Waals surface area contributed by atoms with E-state index in [1.54, 1.807) is 18.2 Å². The second-order valence-electron chi connectivity index (χ2n) is 4.11. The smallest absolute Gasteiger partial charge is 0.266 e. The molecule has 0 aliphatic heterocycles. The first-order valence-electron chi connectivity index (χ1n) is 6.02. The molecule has 0 bridgehead atoms. The van der Waals surface area contributed by atoms with E-state index in [0.29, 0.717) is 5.39 Å². The Hall–Kier alpha value is -0.390. The third kappa shape index (κ3) is 4.04. The van der Waals surface area contributed by atoms with E-state index >= 15 is 0 Å². The average Bonchev–Trinajstić information content (AvgIpc) is 2.38. The SMILES string of the molecule is CCCCOS(=O)(=O)c1cccc2ccccc12.[Na]. The zero-order valence-corrected chi connectivity index (χ0v) is 14.1. The molecule has 2 rings (SSSR count). The maximum absolute atomic E-state index is 12.1. The molecule has 0 aliphatic carbocycles. The monoisotopic (exact) mass is 287 g/mol. The van der Waals surface area contributed by atoms with Crippen LogP contribution in [0.4, 0.5) is 0 Å². The van der Waals surface area contributed by atoms with E-state index in [4.69, 9.17) is 4.18 Å². The molecule has 0 saturated carbocycles. The Morgan fingerprint density at radius 1 is 1.05 bits per heavy atom. The van der Waals surface area contributed by atoms with Crippen molar-refractivity contribution in [2.45, 2.75) is 24.7 Å². The first-order valence-corrected chi connectivity index (χ1v) is 7.43. The summed E-state index contributed by atoms with van der Waals surface area (Å²) in [5, 5.41) is 1.61. The molecule has 0 saturated heterocycles. The number of rotatable bonds is 5. The summed E-state index contributed by atoms with van der Waals surface area (Å²) < 4.78 is 29.2. The van der Waals surface area contributed by atoms with Crippen LogP contribution in [0, 0.1) is 0 Å². The van der Waals surface area contributed by atoms with Crippen LogP contribution in [-0.4, -0.2) is 44.6 Å². The van der Waals surface area contributed by atoms with Crippen molar-refractivity contribution in [3.8, 4) is 0 Å². The van der Waals surface area contributed by atoms with Crippen LogP contribution in [0.5, 0.6) is 0 Å². The normalized spacial score (nSPS) is 11.2. The van der Waals surface area contributed by atoms with Crippen LogP contribution in [0.2, 0.25) is 0 Å². The molecule has 0 amide bonds. The quantitative estimate of drug-likeness (QED) is 0.482. The van der Waals surface area contributed by atoms with E-state index in [1.807, 2.05) is 31.2 Å². The molecule has 0 spiro atoms. The van der Waals surface area contributed by atoms with Gasteiger partial charge in [0.15, 0.2) is 0 Å². The van der Waals surface area contributed by atoms with Crippen molar-refractivity contribution < 1.29 is 12.6 Å². The van der Waals surface area contributed by atoms with Gasteiger partial charge in [-0.2, -0.15) is 8.42 Å². The van der Waals surface area contributed by atoms with Gasteiger partial charge in [0.25, 0.3) is 10.1 Å². The minimum Gasteiger partial charge on any atom is -0.266 e. The summed E-state index contributed by atoms with van der Waals surface area (Å²) in [6.07, 6.45) is 1.65. The first kappa shape index (κ1) is 16.7. The zero-order valence-electron chi connectivity index (χ0n) is 11.3. The third-order valence-electron chi connectivity index (χ3n) is 2.76. The number of hydrogen-bond acceptors (Lipinski definition) is 3. The van der Waals surface area contributed by atoms with Crippen molar-refractivity contribution >= 4 is 50.4 Å². The molecule has 2 aromatic rings. The Balaban J connectivity index is 0.00000180. The standard InChI is InChI=1S/C14H16O3S.Na/c1-2-3-11-17-18(15,16)14-10-6-8-12-7-4-5-9-13(12)14;/h4-10H,2-3,11H2,1H3;. The minimum absolute atomic E-state index is 0. The van der Waals surface area contributed by atoms with Crippen LogP contribution in [0.25, 0.3) is 10.8 Å². The molecule has 0 N–H and O–H groups in total. The van der Waals surface area contributed by atoms with Crippen molar-refractivity contribution in [1.82, 2.24) is 0 Å². The van der Waals surface area contributed by atoms with E-state index in [2.05, 4.69) is 0 Å². The fourth-order valence-electron chi connectivity index (χ4n) is 1.79. The van der Waals surface area contributed by atoms with Gasteiger partial charge in [0.2, 0.25) is 0 Å². The van der Waals surface area contributed by atoms with Gasteiger partial charge in [-0.15, -0.1) is 0 Å². The molecule has 1 radical (unpaired) electrons. The van der Waals surface area contributed by atoms with Gasteiger partial charge in [0.05, 0.1) is 6.61 Å². The van der Waals surface area contributed by atoms with Gasteiger partial charge >= 0.3 is 0 Å². The van der Waals surface area contributed by atoms with Gasteiger partial charge in [0.1, 0.15) is 4.90 Å². The second kappa shape index (κ2) is 7.41. The molecule has 97 valence electrons. The van der Waals surface area contributed by atoms with Crippen molar-refractivity contribution in [3.63, 3.8) is 0 Å². The van der Waals surface area contributed by atoms with Crippen LogP contribution < -0.4 is 0 Å². The predicted octanol–water partition coefficient (Wildman–Crippen LogP) is 2.96. The van der Waals surface area contributed by atoms with Gasteiger partial charge in [-0.25, -0.2) is 0 Å². The molecular weight excluding hydrogens is 271 g/mol. The molecule has 0 fully saturated rings. The summed E-state index contributed by atoms with van der Waals surface area (Å²) in [4.78, 5) is 0.247. The Kier molecular flexibility index (Phi) is 6.50. The number of benzene rings is 2. The Labute approximate surface area is 136 Å². The van der Waals surface area contributed by atoms with Crippen LogP contribution >= 0.6 is 0 Å². The number of hydrogen-bond donors (Lipinski definition) is 0. The molecule has 0 atom stereocenters. The van der Waals surface area contributed by atoms with Crippen LogP contribution in [0.15, 0.2) is 47.4 Å². The topological polar surface area (TPSA) is 43.4 Å². The maximum atomic E-state index is 12.1. The predicted molar refractivity (Wildman–Crippen MR) is 77.7 cm³/mol. The van der Waals surface area contributed by atoms with E-state index in [1.165, 1.54) is 0 Å². The summed E-state index contributed by atoms with van der Waals surface area (Å²) in [5.74, 6) is 0. The van der Waals surface area contributed by atoms with Gasteiger partial charge in [-0.1, -0.05) is 49.7 Å². The molecule has 0 aliphatic rings. The average molecular weight is 287 g/mol. The van der Waals surface area contributed by atoms with E-state index < -0.39 is 10.1 Å². The minimum atomic E-state index is -3.66. The molecule has 2 aromatic carbocycles. The summed E-state index contributed by atoms with van der Waals surface area (Å²) in [6, 6.07) is 12.6. The molecule has 19 heavy (non-hydrogen) atoms. The van der Waals surface area contributed by atoms with Crippen molar-refractivity contribution in [2.24, 2.45) is 0 Å². The first-order chi connectivity index (χ1) is 8.65. The van der Waals surface area contributed by atoms with Gasteiger partial charge in [-0.05, 0) is 17.9 Å². The molecular formula is C14H16NaO3S. The van der Waals surface area contributed by atoms with Crippen molar-refractivity contribution in [2.75, 3.05) is 6.61 Å². The Bertz CT molecular complexity index is 633. The summed E-state index contributed by atoms with van der Waals surface area (Å²) >= 11 is 0. The third-order valence-corrected chi connectivity index (χ3v) is 4.13. The van der Waals surface area contributed by atoms with Gasteiger partial charge < -0.3 is 0 Å². The number of fused-ring (bicyclic) bond motifs is 1. The fraction of sp³-hybridized carbons (Fsp3) is 0.286. The summed E-state index contributed by atoms with van der Waals surface area (Å²) in [5.41, 5.74) is 0. The number of unbranched alkanes of at least 4 members (excludes halogenated alkanes) is 1. The summed E-state index contributed by atoms with van der Waals surface area (Å²) in [7, 11) is -3.66. The molecule has 0 heterocycles. The second-order valence-corrected chi connectivity index (χ2v) is 5.69. The Morgan fingerprint density at radius 2 is 1.74 bits per heavy atom. The van der Waals surface area contributed by atoms with E-state index in [0.717, 1.165) is 18.2 Å². The van der Waals surface area contributed by atoms with Crippen molar-refractivity contribution in [1.29, 1.82) is 0 Å². The molecule has 0 unspecified atom stereocenters. The molecule has 0 aromatic heterocycles. The molecule has 5 heteroatoms. The largest absolute Gasteiger partial charge is 0.297 e. The van der Waals surface area contributed by atoms with Gasteiger partial charge in [0, 0.05) is 34.9 Å².